The van der Waals surface area contributed by atoms with Gasteiger partial charge in [0, 0.05) is 25.7 Å². The van der Waals surface area contributed by atoms with Crippen LogP contribution in [0.25, 0.3) is 0 Å². The third kappa shape index (κ3) is 7.70. The normalized spacial score (nSPS) is 23.2. The molecule has 0 radical (unpaired) electrons. The van der Waals surface area contributed by atoms with Crippen LogP contribution in [0.2, 0.25) is 0 Å². The van der Waals surface area contributed by atoms with Crippen LogP contribution in [0.5, 0.6) is 0 Å². The van der Waals surface area contributed by atoms with Crippen molar-refractivity contribution < 1.29 is 14.3 Å². The first-order valence-corrected chi connectivity index (χ1v) is 7.53. The van der Waals surface area contributed by atoms with Gasteiger partial charge in [-0.05, 0) is 46.0 Å². The standard InChI is InChI=1S/C15H30N2O3/c1-11-9-13(11)17-12(10-19-5)7-6-8-16-14(18)20-15(2,3)4/h11-13,17H,6-10H2,1-5H3,(H,16,18). The smallest absolute Gasteiger partial charge is 0.407 e. The second-order valence-corrected chi connectivity index (χ2v) is 6.71. The Bertz CT molecular complexity index is 302. The van der Waals surface area contributed by atoms with Crippen LogP contribution in [0.4, 0.5) is 4.79 Å². The number of ether oxygens (including phenoxy) is 2. The van der Waals surface area contributed by atoms with Crippen LogP contribution in [0.3, 0.4) is 0 Å². The molecule has 1 saturated carbocycles. The van der Waals surface area contributed by atoms with Crippen molar-refractivity contribution in [1.29, 1.82) is 0 Å². The fourth-order valence-corrected chi connectivity index (χ4v) is 2.13. The van der Waals surface area contributed by atoms with Gasteiger partial charge in [0.15, 0.2) is 0 Å². The predicted molar refractivity (Wildman–Crippen MR) is 79.8 cm³/mol. The van der Waals surface area contributed by atoms with Crippen LogP contribution >= 0.6 is 0 Å². The van der Waals surface area contributed by atoms with E-state index in [2.05, 4.69) is 17.6 Å². The number of amides is 1. The van der Waals surface area contributed by atoms with Gasteiger partial charge in [-0.15, -0.1) is 0 Å². The van der Waals surface area contributed by atoms with Crippen molar-refractivity contribution in [2.75, 3.05) is 20.3 Å². The molecule has 0 saturated heterocycles. The van der Waals surface area contributed by atoms with E-state index in [1.165, 1.54) is 6.42 Å². The molecular weight excluding hydrogens is 256 g/mol. The number of hydrogen-bond acceptors (Lipinski definition) is 4. The van der Waals surface area contributed by atoms with Crippen LogP contribution in [0.15, 0.2) is 0 Å². The summed E-state index contributed by atoms with van der Waals surface area (Å²) < 4.78 is 10.4. The lowest BCUT2D eigenvalue weighted by Crippen LogP contribution is -2.37. The van der Waals surface area contributed by atoms with Crippen molar-refractivity contribution in [3.8, 4) is 0 Å². The first-order valence-electron chi connectivity index (χ1n) is 7.53. The lowest BCUT2D eigenvalue weighted by molar-refractivity contribution is 0.0526. The van der Waals surface area contributed by atoms with Gasteiger partial charge in [-0.25, -0.2) is 4.79 Å². The third-order valence-electron chi connectivity index (χ3n) is 3.32. The summed E-state index contributed by atoms with van der Waals surface area (Å²) in [6.07, 6.45) is 2.83. The van der Waals surface area contributed by atoms with Gasteiger partial charge < -0.3 is 20.1 Å². The van der Waals surface area contributed by atoms with Gasteiger partial charge in [0.2, 0.25) is 0 Å². The molecule has 5 heteroatoms. The zero-order chi connectivity index (χ0) is 15.2. The molecule has 118 valence electrons. The molecule has 0 aromatic rings. The highest BCUT2D eigenvalue weighted by atomic mass is 16.6. The number of hydrogen-bond donors (Lipinski definition) is 2. The van der Waals surface area contributed by atoms with Crippen LogP contribution in [-0.2, 0) is 9.47 Å². The highest BCUT2D eigenvalue weighted by Crippen LogP contribution is 2.29. The van der Waals surface area contributed by atoms with Gasteiger partial charge in [-0.3, -0.25) is 0 Å². The summed E-state index contributed by atoms with van der Waals surface area (Å²) in [6, 6.07) is 1.02. The maximum absolute atomic E-state index is 11.5. The first kappa shape index (κ1) is 17.2. The molecule has 1 amide bonds. The molecule has 0 spiro atoms. The van der Waals surface area contributed by atoms with Crippen molar-refractivity contribution in [2.45, 2.75) is 64.6 Å². The number of methoxy groups -OCH3 is 1. The molecule has 0 bridgehead atoms. The summed E-state index contributed by atoms with van der Waals surface area (Å²) in [5.74, 6) is 0.786. The number of carbonyl (C=O) groups excluding carboxylic acids is 1. The van der Waals surface area contributed by atoms with Gasteiger partial charge >= 0.3 is 6.09 Å². The van der Waals surface area contributed by atoms with Gasteiger partial charge in [0.25, 0.3) is 0 Å². The Hall–Kier alpha value is -0.810. The Kier molecular flexibility index (Phi) is 6.76. The quantitative estimate of drug-likeness (QED) is 0.672. The van der Waals surface area contributed by atoms with E-state index in [1.807, 2.05) is 20.8 Å². The molecule has 0 aromatic heterocycles. The zero-order valence-electron chi connectivity index (χ0n) is 13.5. The second kappa shape index (κ2) is 7.84. The minimum absolute atomic E-state index is 0.343. The van der Waals surface area contributed by atoms with E-state index in [0.29, 0.717) is 18.6 Å². The Morgan fingerprint density at radius 3 is 2.55 bits per heavy atom. The van der Waals surface area contributed by atoms with E-state index in [1.54, 1.807) is 7.11 Å². The molecule has 3 unspecified atom stereocenters. The lowest BCUT2D eigenvalue weighted by atomic mass is 10.1. The van der Waals surface area contributed by atoms with E-state index in [-0.39, 0.29) is 6.09 Å². The van der Waals surface area contributed by atoms with Gasteiger partial charge in [0.1, 0.15) is 5.60 Å². The Balaban J connectivity index is 2.12. The van der Waals surface area contributed by atoms with Crippen molar-refractivity contribution in [3.63, 3.8) is 0 Å². The van der Waals surface area contributed by atoms with Crippen LogP contribution in [0, 0.1) is 5.92 Å². The molecule has 5 nitrogen and oxygen atoms in total. The maximum Gasteiger partial charge on any atom is 0.407 e. The molecule has 1 aliphatic rings. The number of carbonyl (C=O) groups is 1. The fraction of sp³-hybridized carbons (Fsp3) is 0.933. The maximum atomic E-state index is 11.5. The third-order valence-corrected chi connectivity index (χ3v) is 3.32. The van der Waals surface area contributed by atoms with Crippen LogP contribution in [0.1, 0.15) is 47.0 Å². The van der Waals surface area contributed by atoms with Crippen molar-refractivity contribution in [1.82, 2.24) is 10.6 Å². The molecule has 3 atom stereocenters. The van der Waals surface area contributed by atoms with E-state index in [4.69, 9.17) is 9.47 Å². The zero-order valence-corrected chi connectivity index (χ0v) is 13.5. The predicted octanol–water partition coefficient (Wildman–Crippen LogP) is 2.30. The van der Waals surface area contributed by atoms with E-state index >= 15 is 0 Å². The minimum Gasteiger partial charge on any atom is -0.444 e. The van der Waals surface area contributed by atoms with E-state index in [9.17, 15) is 4.79 Å². The number of nitrogens with one attached hydrogen (secondary N) is 2. The summed E-state index contributed by atoms with van der Waals surface area (Å²) in [6.45, 7) is 9.20. The number of alkyl carbamates (subject to hydrolysis) is 1. The average molecular weight is 286 g/mol. The van der Waals surface area contributed by atoms with Crippen molar-refractivity contribution >= 4 is 6.09 Å². The summed E-state index contributed by atoms with van der Waals surface area (Å²) in [5.41, 5.74) is -0.438. The second-order valence-electron chi connectivity index (χ2n) is 6.71. The first-order chi connectivity index (χ1) is 9.31. The molecule has 0 aromatic carbocycles. The highest BCUT2D eigenvalue weighted by molar-refractivity contribution is 5.67. The monoisotopic (exact) mass is 286 g/mol. The molecular formula is C15H30N2O3. The van der Waals surface area contributed by atoms with Gasteiger partial charge in [0.05, 0.1) is 6.61 Å². The SMILES string of the molecule is COCC(CCCNC(=O)OC(C)(C)C)NC1CC1C. The molecule has 0 heterocycles. The van der Waals surface area contributed by atoms with Crippen molar-refractivity contribution in [3.05, 3.63) is 0 Å². The van der Waals surface area contributed by atoms with Crippen LogP contribution in [-0.4, -0.2) is 44.0 Å². The molecule has 0 aliphatic heterocycles. The minimum atomic E-state index is -0.438. The van der Waals surface area contributed by atoms with E-state index in [0.717, 1.165) is 25.4 Å². The largest absolute Gasteiger partial charge is 0.444 e. The topological polar surface area (TPSA) is 59.6 Å². The Morgan fingerprint density at radius 1 is 1.40 bits per heavy atom. The molecule has 20 heavy (non-hydrogen) atoms. The Morgan fingerprint density at radius 2 is 2.05 bits per heavy atom. The Labute approximate surface area is 122 Å². The summed E-state index contributed by atoms with van der Waals surface area (Å²) in [4.78, 5) is 11.5. The molecule has 2 N–H and O–H groups in total. The summed E-state index contributed by atoms with van der Waals surface area (Å²) in [7, 11) is 1.73. The highest BCUT2D eigenvalue weighted by Gasteiger charge is 2.33. The molecule has 1 rings (SSSR count). The van der Waals surface area contributed by atoms with Crippen LogP contribution < -0.4 is 10.6 Å². The van der Waals surface area contributed by atoms with E-state index < -0.39 is 5.60 Å². The average Bonchev–Trinajstić information content (AvgIpc) is 2.98. The number of rotatable bonds is 8. The molecule has 1 fully saturated rings. The van der Waals surface area contributed by atoms with Gasteiger partial charge in [-0.1, -0.05) is 6.92 Å². The van der Waals surface area contributed by atoms with Gasteiger partial charge in [-0.2, -0.15) is 0 Å². The summed E-state index contributed by atoms with van der Waals surface area (Å²) >= 11 is 0. The van der Waals surface area contributed by atoms with Crippen molar-refractivity contribution in [2.24, 2.45) is 5.92 Å². The fourth-order valence-electron chi connectivity index (χ4n) is 2.13. The molecule has 1 aliphatic carbocycles. The summed E-state index contributed by atoms with van der Waals surface area (Å²) in [5, 5.41) is 6.38. The lowest BCUT2D eigenvalue weighted by Gasteiger charge is -2.20.